The van der Waals surface area contributed by atoms with Gasteiger partial charge in [-0.05, 0) is 49.1 Å². The van der Waals surface area contributed by atoms with Crippen molar-refractivity contribution < 1.29 is 0 Å². The summed E-state index contributed by atoms with van der Waals surface area (Å²) in [5, 5.41) is 0. The zero-order valence-corrected chi connectivity index (χ0v) is 8.63. The highest BCUT2D eigenvalue weighted by Crippen LogP contribution is 2.05. The molecular formula is C13H14N2. The highest BCUT2D eigenvalue weighted by atomic mass is 14.7. The Balaban J connectivity index is 1.81. The summed E-state index contributed by atoms with van der Waals surface area (Å²) in [6.07, 6.45) is 8.82. The Hall–Kier alpha value is -1.70. The zero-order valence-electron chi connectivity index (χ0n) is 8.63. The number of aryl methyl sites for hydroxylation is 2. The van der Waals surface area contributed by atoms with Crippen LogP contribution in [0.4, 0.5) is 0 Å². The molecular weight excluding hydrogens is 184 g/mol. The van der Waals surface area contributed by atoms with Crippen LogP contribution in [0.2, 0.25) is 0 Å². The molecule has 0 saturated carbocycles. The van der Waals surface area contributed by atoms with Crippen LogP contribution in [0.3, 0.4) is 0 Å². The van der Waals surface area contributed by atoms with Crippen LogP contribution in [0, 0.1) is 0 Å². The lowest BCUT2D eigenvalue weighted by Gasteiger charge is -2.00. The predicted octanol–water partition coefficient (Wildman–Crippen LogP) is 2.65. The Morgan fingerprint density at radius 2 is 1.73 bits per heavy atom. The minimum Gasteiger partial charge on any atom is -0.265 e. The quantitative estimate of drug-likeness (QED) is 0.754. The van der Waals surface area contributed by atoms with Gasteiger partial charge in [-0.2, -0.15) is 0 Å². The molecule has 15 heavy (non-hydrogen) atoms. The number of nitrogens with zero attached hydrogens (tertiary/aromatic N) is 2. The summed E-state index contributed by atoms with van der Waals surface area (Å²) in [5.74, 6) is 0. The first kappa shape index (κ1) is 9.84. The molecule has 0 bridgehead atoms. The predicted molar refractivity (Wildman–Crippen MR) is 60.5 cm³/mol. The van der Waals surface area contributed by atoms with Gasteiger partial charge in [-0.15, -0.1) is 0 Å². The molecule has 2 aromatic rings. The number of rotatable bonds is 4. The van der Waals surface area contributed by atoms with Gasteiger partial charge in [-0.1, -0.05) is 6.07 Å². The minimum absolute atomic E-state index is 1.04. The summed E-state index contributed by atoms with van der Waals surface area (Å²) in [4.78, 5) is 8.30. The van der Waals surface area contributed by atoms with E-state index in [-0.39, 0.29) is 0 Å². The second-order valence-corrected chi connectivity index (χ2v) is 3.53. The van der Waals surface area contributed by atoms with E-state index in [1.54, 1.807) is 0 Å². The zero-order chi connectivity index (χ0) is 10.3. The fourth-order valence-corrected chi connectivity index (χ4v) is 1.57. The summed E-state index contributed by atoms with van der Waals surface area (Å²) in [6.45, 7) is 0. The van der Waals surface area contributed by atoms with Crippen molar-refractivity contribution in [3.8, 4) is 0 Å². The molecule has 0 atom stereocenters. The van der Waals surface area contributed by atoms with E-state index < -0.39 is 0 Å². The molecule has 2 nitrogen and oxygen atoms in total. The number of aromatic nitrogens is 2. The number of hydrogen-bond acceptors (Lipinski definition) is 2. The van der Waals surface area contributed by atoms with Gasteiger partial charge in [0.2, 0.25) is 0 Å². The van der Waals surface area contributed by atoms with E-state index >= 15 is 0 Å². The van der Waals surface area contributed by atoms with E-state index in [4.69, 9.17) is 0 Å². The first-order valence-corrected chi connectivity index (χ1v) is 5.24. The molecule has 2 aromatic heterocycles. The van der Waals surface area contributed by atoms with Crippen molar-refractivity contribution in [2.24, 2.45) is 0 Å². The summed E-state index contributed by atoms with van der Waals surface area (Å²) in [5.41, 5.74) is 2.52. The van der Waals surface area contributed by atoms with Crippen LogP contribution in [0.1, 0.15) is 17.7 Å². The maximum atomic E-state index is 4.30. The van der Waals surface area contributed by atoms with Crippen molar-refractivity contribution >= 4 is 0 Å². The molecule has 0 aliphatic heterocycles. The van der Waals surface area contributed by atoms with Crippen LogP contribution in [-0.4, -0.2) is 9.97 Å². The molecule has 0 spiro atoms. The lowest BCUT2D eigenvalue weighted by molar-refractivity contribution is 0.798. The Morgan fingerprint density at radius 1 is 0.867 bits per heavy atom. The molecule has 0 N–H and O–H groups in total. The summed E-state index contributed by atoms with van der Waals surface area (Å²) in [7, 11) is 0. The van der Waals surface area contributed by atoms with Gasteiger partial charge in [0, 0.05) is 24.3 Å². The van der Waals surface area contributed by atoms with E-state index in [1.807, 2.05) is 30.7 Å². The van der Waals surface area contributed by atoms with Crippen molar-refractivity contribution in [2.45, 2.75) is 19.3 Å². The average Bonchev–Trinajstić information content (AvgIpc) is 2.32. The molecule has 0 amide bonds. The van der Waals surface area contributed by atoms with Crippen LogP contribution in [0.15, 0.2) is 48.9 Å². The van der Waals surface area contributed by atoms with Gasteiger partial charge in [-0.25, -0.2) is 0 Å². The van der Waals surface area contributed by atoms with Gasteiger partial charge in [0.15, 0.2) is 0 Å². The molecule has 0 saturated heterocycles. The monoisotopic (exact) mass is 198 g/mol. The second kappa shape index (κ2) is 5.25. The molecule has 2 rings (SSSR count). The lowest BCUT2D eigenvalue weighted by atomic mass is 10.1. The maximum Gasteiger partial charge on any atom is 0.0403 e. The number of pyridine rings is 2. The second-order valence-electron chi connectivity index (χ2n) is 3.53. The van der Waals surface area contributed by atoms with Crippen molar-refractivity contribution in [1.29, 1.82) is 0 Å². The van der Waals surface area contributed by atoms with Crippen LogP contribution < -0.4 is 0 Å². The van der Waals surface area contributed by atoms with Crippen molar-refractivity contribution in [1.82, 2.24) is 9.97 Å². The Kier molecular flexibility index (Phi) is 3.44. The molecule has 0 unspecified atom stereocenters. The van der Waals surface area contributed by atoms with Crippen molar-refractivity contribution in [2.75, 3.05) is 0 Å². The first-order valence-electron chi connectivity index (χ1n) is 5.24. The van der Waals surface area contributed by atoms with E-state index in [0.29, 0.717) is 0 Å². The van der Waals surface area contributed by atoms with Gasteiger partial charge >= 0.3 is 0 Å². The summed E-state index contributed by atoms with van der Waals surface area (Å²) >= 11 is 0. The molecule has 0 radical (unpaired) electrons. The van der Waals surface area contributed by atoms with Crippen molar-refractivity contribution in [3.63, 3.8) is 0 Å². The highest BCUT2D eigenvalue weighted by Gasteiger charge is 1.95. The Labute approximate surface area is 90.0 Å². The molecule has 2 heterocycles. The maximum absolute atomic E-state index is 4.30. The smallest absolute Gasteiger partial charge is 0.0403 e. The standard InChI is InChI=1S/C13H14N2/c1-2-9-15-13(5-1)6-3-4-12-7-10-14-11-8-12/h1-2,5,7-11H,3-4,6H2. The molecule has 76 valence electrons. The van der Waals surface area contributed by atoms with Gasteiger partial charge in [-0.3, -0.25) is 9.97 Å². The van der Waals surface area contributed by atoms with Gasteiger partial charge < -0.3 is 0 Å². The van der Waals surface area contributed by atoms with Crippen LogP contribution in [0.25, 0.3) is 0 Å². The molecule has 0 aromatic carbocycles. The van der Waals surface area contributed by atoms with E-state index in [1.165, 1.54) is 11.3 Å². The summed E-state index contributed by atoms with van der Waals surface area (Å²) in [6, 6.07) is 10.2. The SMILES string of the molecule is c1ccc(CCCc2ccncc2)nc1. The fraction of sp³-hybridized carbons (Fsp3) is 0.231. The normalized spacial score (nSPS) is 10.1. The van der Waals surface area contributed by atoms with Gasteiger partial charge in [0.05, 0.1) is 0 Å². The Bertz CT molecular complexity index is 344. The van der Waals surface area contributed by atoms with E-state index in [2.05, 4.69) is 28.2 Å². The van der Waals surface area contributed by atoms with Gasteiger partial charge in [0.1, 0.15) is 0 Å². The molecule has 0 fully saturated rings. The van der Waals surface area contributed by atoms with Crippen LogP contribution in [0.5, 0.6) is 0 Å². The molecule has 0 aliphatic carbocycles. The van der Waals surface area contributed by atoms with E-state index in [9.17, 15) is 0 Å². The third-order valence-electron chi connectivity index (χ3n) is 2.37. The molecule has 0 aliphatic rings. The fourth-order valence-electron chi connectivity index (χ4n) is 1.57. The highest BCUT2D eigenvalue weighted by molar-refractivity contribution is 5.10. The lowest BCUT2D eigenvalue weighted by Crippen LogP contribution is -1.92. The van der Waals surface area contributed by atoms with E-state index in [0.717, 1.165) is 19.3 Å². The number of hydrogen-bond donors (Lipinski definition) is 0. The minimum atomic E-state index is 1.04. The largest absolute Gasteiger partial charge is 0.265 e. The summed E-state index contributed by atoms with van der Waals surface area (Å²) < 4.78 is 0. The average molecular weight is 198 g/mol. The van der Waals surface area contributed by atoms with Crippen LogP contribution >= 0.6 is 0 Å². The van der Waals surface area contributed by atoms with Crippen LogP contribution in [-0.2, 0) is 12.8 Å². The third kappa shape index (κ3) is 3.17. The first-order chi connectivity index (χ1) is 7.45. The van der Waals surface area contributed by atoms with Crippen molar-refractivity contribution in [3.05, 3.63) is 60.2 Å². The molecule has 2 heteroatoms. The third-order valence-corrected chi connectivity index (χ3v) is 2.37. The Morgan fingerprint density at radius 3 is 2.47 bits per heavy atom. The van der Waals surface area contributed by atoms with Gasteiger partial charge in [0.25, 0.3) is 0 Å². The topological polar surface area (TPSA) is 25.8 Å².